The lowest BCUT2D eigenvalue weighted by atomic mass is 9.86. The summed E-state index contributed by atoms with van der Waals surface area (Å²) in [4.78, 5) is 10.8. The summed E-state index contributed by atoms with van der Waals surface area (Å²) in [6, 6.07) is 5.85. The number of halogens is 1. The van der Waals surface area contributed by atoms with Gasteiger partial charge in [-0.15, -0.1) is 11.3 Å². The summed E-state index contributed by atoms with van der Waals surface area (Å²) in [5.41, 5.74) is 7.04. The molecule has 0 aromatic carbocycles. The van der Waals surface area contributed by atoms with Gasteiger partial charge in [0.15, 0.2) is 5.17 Å². The minimum atomic E-state index is -0.473. The minimum Gasteiger partial charge on any atom is -0.378 e. The van der Waals surface area contributed by atoms with E-state index in [1.807, 2.05) is 12.1 Å². The number of nitrogens with zero attached hydrogens (tertiary/aromatic N) is 3. The summed E-state index contributed by atoms with van der Waals surface area (Å²) in [5, 5.41) is 10.3. The lowest BCUT2D eigenvalue weighted by Crippen LogP contribution is -2.54. The molecule has 1 atom stereocenters. The standard InChI is InChI=1S/C17H15ClN4OS2/c1-16(7-17(8-23-9-17)25-15(20)22-16)14-12(18)3-13(24-14)11-2-10(4-19)5-21-6-11/h2-3,5-6H,7-9H2,1H3,(H2,20,22). The topological polar surface area (TPSA) is 84.3 Å². The van der Waals surface area contributed by atoms with Crippen molar-refractivity contribution in [2.45, 2.75) is 23.6 Å². The molecule has 0 aliphatic carbocycles. The van der Waals surface area contributed by atoms with Gasteiger partial charge in [-0.05, 0) is 25.5 Å². The molecule has 1 unspecified atom stereocenters. The minimum absolute atomic E-state index is 0.00363. The Morgan fingerprint density at radius 1 is 1.36 bits per heavy atom. The Balaban J connectivity index is 1.75. The van der Waals surface area contributed by atoms with Gasteiger partial charge in [-0.3, -0.25) is 9.98 Å². The third kappa shape index (κ3) is 2.93. The Morgan fingerprint density at radius 2 is 2.16 bits per heavy atom. The Bertz CT molecular complexity index is 916. The Morgan fingerprint density at radius 3 is 2.84 bits per heavy atom. The zero-order valence-electron chi connectivity index (χ0n) is 13.5. The summed E-state index contributed by atoms with van der Waals surface area (Å²) >= 11 is 9.76. The smallest absolute Gasteiger partial charge is 0.155 e. The second-order valence-electron chi connectivity index (χ2n) is 6.54. The first kappa shape index (κ1) is 16.9. The van der Waals surface area contributed by atoms with Crippen LogP contribution in [-0.2, 0) is 10.3 Å². The molecule has 8 heteroatoms. The quantitative estimate of drug-likeness (QED) is 0.843. The van der Waals surface area contributed by atoms with Crippen molar-refractivity contribution in [3.05, 3.63) is 40.0 Å². The highest BCUT2D eigenvalue weighted by Gasteiger charge is 2.50. The molecule has 1 saturated heterocycles. The van der Waals surface area contributed by atoms with E-state index < -0.39 is 5.54 Å². The van der Waals surface area contributed by atoms with Crippen molar-refractivity contribution in [1.29, 1.82) is 5.26 Å². The maximum absolute atomic E-state index is 9.08. The number of hydrogen-bond donors (Lipinski definition) is 1. The highest BCUT2D eigenvalue weighted by Crippen LogP contribution is 2.52. The molecule has 0 bridgehead atoms. The summed E-state index contributed by atoms with van der Waals surface area (Å²) in [7, 11) is 0. The third-order valence-electron chi connectivity index (χ3n) is 4.40. The van der Waals surface area contributed by atoms with Crippen LogP contribution in [0.15, 0.2) is 29.5 Å². The van der Waals surface area contributed by atoms with Crippen LogP contribution < -0.4 is 5.73 Å². The van der Waals surface area contributed by atoms with Crippen molar-refractivity contribution >= 4 is 39.9 Å². The number of nitrogens with two attached hydrogens (primary N) is 1. The van der Waals surface area contributed by atoms with Crippen LogP contribution in [-0.4, -0.2) is 28.1 Å². The number of aromatic nitrogens is 1. The van der Waals surface area contributed by atoms with Crippen LogP contribution in [0, 0.1) is 11.3 Å². The SMILES string of the molecule is CC1(c2sc(-c3cncc(C#N)c3)cc2Cl)CC2(COC2)SC(N)=N1. The molecule has 1 fully saturated rings. The second-order valence-corrected chi connectivity index (χ2v) is 9.49. The van der Waals surface area contributed by atoms with E-state index in [1.54, 1.807) is 35.5 Å². The molecule has 25 heavy (non-hydrogen) atoms. The molecule has 2 N–H and O–H groups in total. The summed E-state index contributed by atoms with van der Waals surface area (Å²) in [5.74, 6) is 0. The van der Waals surface area contributed by atoms with Crippen LogP contribution in [0.5, 0.6) is 0 Å². The predicted octanol–water partition coefficient (Wildman–Crippen LogP) is 3.77. The Labute approximate surface area is 158 Å². The van der Waals surface area contributed by atoms with E-state index >= 15 is 0 Å². The summed E-state index contributed by atoms with van der Waals surface area (Å²) in [6.07, 6.45) is 4.12. The van der Waals surface area contributed by atoms with Crippen molar-refractivity contribution in [2.24, 2.45) is 10.7 Å². The maximum atomic E-state index is 9.08. The zero-order valence-corrected chi connectivity index (χ0v) is 15.8. The number of pyridine rings is 1. The molecule has 4 heterocycles. The average molecular weight is 391 g/mol. The molecule has 4 rings (SSSR count). The lowest BCUT2D eigenvalue weighted by molar-refractivity contribution is -0.0207. The Kier molecular flexibility index (Phi) is 4.04. The Hall–Kier alpha value is -1.59. The van der Waals surface area contributed by atoms with Gasteiger partial charge in [0.05, 0.1) is 39.0 Å². The number of thioether (sulfide) groups is 1. The van der Waals surface area contributed by atoms with Crippen LogP contribution >= 0.6 is 34.7 Å². The van der Waals surface area contributed by atoms with E-state index in [2.05, 4.69) is 18.0 Å². The van der Waals surface area contributed by atoms with Gasteiger partial charge < -0.3 is 10.5 Å². The van der Waals surface area contributed by atoms with Crippen molar-refractivity contribution in [3.8, 4) is 16.5 Å². The first-order chi connectivity index (χ1) is 11.9. The molecule has 0 amide bonds. The van der Waals surface area contributed by atoms with Crippen LogP contribution in [0.2, 0.25) is 5.02 Å². The molecule has 1 spiro atoms. The zero-order chi connectivity index (χ0) is 17.7. The monoisotopic (exact) mass is 390 g/mol. The number of ether oxygens (including phenoxy) is 1. The number of amidine groups is 1. The molecule has 0 saturated carbocycles. The van der Waals surface area contributed by atoms with E-state index in [-0.39, 0.29) is 4.75 Å². The van der Waals surface area contributed by atoms with E-state index in [4.69, 9.17) is 32.3 Å². The molecule has 2 aromatic rings. The summed E-state index contributed by atoms with van der Waals surface area (Å²) in [6.45, 7) is 3.45. The van der Waals surface area contributed by atoms with Crippen molar-refractivity contribution in [1.82, 2.24) is 4.98 Å². The van der Waals surface area contributed by atoms with Crippen LogP contribution in [0.4, 0.5) is 0 Å². The van der Waals surface area contributed by atoms with E-state index in [1.165, 1.54) is 0 Å². The highest BCUT2D eigenvalue weighted by atomic mass is 35.5. The number of aliphatic imine (C=N–C) groups is 1. The van der Waals surface area contributed by atoms with Crippen molar-refractivity contribution in [3.63, 3.8) is 0 Å². The van der Waals surface area contributed by atoms with E-state index in [9.17, 15) is 0 Å². The molecule has 2 aromatic heterocycles. The highest BCUT2D eigenvalue weighted by molar-refractivity contribution is 8.15. The van der Waals surface area contributed by atoms with Crippen LogP contribution in [0.1, 0.15) is 23.8 Å². The molecular weight excluding hydrogens is 376 g/mol. The fraction of sp³-hybridized carbons (Fsp3) is 0.353. The number of rotatable bonds is 2. The number of thiophene rings is 1. The average Bonchev–Trinajstić information content (AvgIpc) is 2.95. The maximum Gasteiger partial charge on any atom is 0.155 e. The van der Waals surface area contributed by atoms with Gasteiger partial charge in [0, 0.05) is 22.8 Å². The molecular formula is C17H15ClN4OS2. The van der Waals surface area contributed by atoms with Crippen LogP contribution in [0.3, 0.4) is 0 Å². The van der Waals surface area contributed by atoms with Crippen LogP contribution in [0.25, 0.3) is 10.4 Å². The van der Waals surface area contributed by atoms with Gasteiger partial charge in [0.25, 0.3) is 0 Å². The first-order valence-corrected chi connectivity index (χ1v) is 9.72. The largest absolute Gasteiger partial charge is 0.378 e. The van der Waals surface area contributed by atoms with E-state index in [0.717, 1.165) is 21.7 Å². The van der Waals surface area contributed by atoms with Gasteiger partial charge in [-0.25, -0.2) is 0 Å². The fourth-order valence-corrected chi connectivity index (χ4v) is 6.27. The second kappa shape index (κ2) is 5.99. The van der Waals surface area contributed by atoms with E-state index in [0.29, 0.717) is 29.0 Å². The third-order valence-corrected chi connectivity index (χ3v) is 7.36. The molecule has 128 valence electrons. The van der Waals surface area contributed by atoms with Gasteiger partial charge in [0.2, 0.25) is 0 Å². The first-order valence-electron chi connectivity index (χ1n) is 7.70. The lowest BCUT2D eigenvalue weighted by Gasteiger charge is -2.47. The van der Waals surface area contributed by atoms with Gasteiger partial charge in [0.1, 0.15) is 6.07 Å². The van der Waals surface area contributed by atoms with Crippen molar-refractivity contribution < 1.29 is 4.74 Å². The van der Waals surface area contributed by atoms with Gasteiger partial charge >= 0.3 is 0 Å². The molecule has 5 nitrogen and oxygen atoms in total. The fourth-order valence-electron chi connectivity index (χ4n) is 3.33. The van der Waals surface area contributed by atoms with Gasteiger partial charge in [-0.2, -0.15) is 5.26 Å². The number of hydrogen-bond acceptors (Lipinski definition) is 7. The summed E-state index contributed by atoms with van der Waals surface area (Å²) < 4.78 is 5.42. The normalized spacial score (nSPS) is 24.4. The molecule has 2 aliphatic heterocycles. The molecule has 0 radical (unpaired) electrons. The predicted molar refractivity (Wildman–Crippen MR) is 102 cm³/mol. The molecule has 2 aliphatic rings. The van der Waals surface area contributed by atoms with Gasteiger partial charge in [-0.1, -0.05) is 23.4 Å². The van der Waals surface area contributed by atoms with Crippen molar-refractivity contribution in [2.75, 3.05) is 13.2 Å². The number of nitriles is 1.